The van der Waals surface area contributed by atoms with Gasteiger partial charge in [-0.3, -0.25) is 15.5 Å². The first kappa shape index (κ1) is 17.8. The highest BCUT2D eigenvalue weighted by atomic mass is 35.5. The number of carbonyl (C=O) groups excluding carboxylic acids is 1. The lowest BCUT2D eigenvalue weighted by Gasteiger charge is -2.06. The number of Topliss-reactive ketones (excluding diaryl/α,β-unsaturated/α-hetero) is 1. The average molecular weight is 377 g/mol. The average Bonchev–Trinajstić information content (AvgIpc) is 3.04. The van der Waals surface area contributed by atoms with Crippen LogP contribution in [0.25, 0.3) is 11.2 Å². The molecule has 0 bridgehead atoms. The number of pyridine rings is 1. The number of anilines is 1. The summed E-state index contributed by atoms with van der Waals surface area (Å²) in [7, 11) is 0. The van der Waals surface area contributed by atoms with Gasteiger partial charge in [0.05, 0.1) is 22.8 Å². The quantitative estimate of drug-likeness (QED) is 0.309. The Labute approximate surface area is 152 Å². The number of imidazole rings is 1. The highest BCUT2D eigenvalue weighted by Crippen LogP contribution is 2.23. The van der Waals surface area contributed by atoms with Gasteiger partial charge in [0.2, 0.25) is 5.95 Å². The number of hydrogen-bond acceptors (Lipinski definition) is 6. The Morgan fingerprint density at radius 2 is 2.23 bits per heavy atom. The summed E-state index contributed by atoms with van der Waals surface area (Å²) in [6, 6.07) is 5.55. The third-order valence-corrected chi connectivity index (χ3v) is 3.69. The number of halogens is 2. The van der Waals surface area contributed by atoms with E-state index < -0.39 is 5.82 Å². The normalized spacial score (nSPS) is 11.6. The van der Waals surface area contributed by atoms with E-state index in [-0.39, 0.29) is 23.2 Å². The number of H-pyrrole nitrogens is 1. The van der Waals surface area contributed by atoms with Crippen molar-refractivity contribution < 1.29 is 14.4 Å². The zero-order chi connectivity index (χ0) is 18.7. The number of nitrogens with zero attached hydrogens (tertiary/aromatic N) is 3. The van der Waals surface area contributed by atoms with E-state index in [0.717, 1.165) is 0 Å². The second-order valence-electron chi connectivity index (χ2n) is 5.37. The lowest BCUT2D eigenvalue weighted by molar-refractivity contribution is -0.115. The number of aromatic nitrogens is 3. The first-order valence-electron chi connectivity index (χ1n) is 7.50. The molecule has 26 heavy (non-hydrogen) atoms. The molecule has 0 radical (unpaired) electrons. The molecule has 0 atom stereocenters. The number of benzene rings is 1. The van der Waals surface area contributed by atoms with Crippen LogP contribution in [0.15, 0.2) is 35.5 Å². The molecule has 0 fully saturated rings. The van der Waals surface area contributed by atoms with Crippen molar-refractivity contribution in [2.45, 2.75) is 6.92 Å². The molecular formula is C16H14ClFN6O2. The minimum atomic E-state index is -0.565. The second-order valence-corrected chi connectivity index (χ2v) is 5.78. The molecule has 3 rings (SSSR count). The zero-order valence-electron chi connectivity index (χ0n) is 13.5. The fourth-order valence-electron chi connectivity index (χ4n) is 2.23. The van der Waals surface area contributed by atoms with Crippen molar-refractivity contribution in [1.82, 2.24) is 20.4 Å². The Kier molecular flexibility index (Phi) is 5.10. The van der Waals surface area contributed by atoms with Crippen molar-refractivity contribution in [2.75, 3.05) is 11.9 Å². The SMILES string of the molecule is CC(=O)CNc1nc2nccc(C(=Nc3ccc(F)c(Cl)c3)NO)c2[nH]1. The Morgan fingerprint density at radius 3 is 2.92 bits per heavy atom. The van der Waals surface area contributed by atoms with Crippen LogP contribution < -0.4 is 10.8 Å². The van der Waals surface area contributed by atoms with Crippen molar-refractivity contribution >= 4 is 46.0 Å². The van der Waals surface area contributed by atoms with Gasteiger partial charge in [0.15, 0.2) is 11.5 Å². The molecule has 0 aliphatic rings. The maximum atomic E-state index is 13.3. The molecular weight excluding hydrogens is 363 g/mol. The molecule has 0 saturated heterocycles. The predicted octanol–water partition coefficient (Wildman–Crippen LogP) is 2.81. The summed E-state index contributed by atoms with van der Waals surface area (Å²) in [5.41, 5.74) is 3.69. The van der Waals surface area contributed by atoms with Gasteiger partial charge in [0.25, 0.3) is 0 Å². The van der Waals surface area contributed by atoms with Gasteiger partial charge in [-0.05, 0) is 31.2 Å². The van der Waals surface area contributed by atoms with Gasteiger partial charge in [0, 0.05) is 11.8 Å². The number of hydrogen-bond donors (Lipinski definition) is 4. The molecule has 0 spiro atoms. The second kappa shape index (κ2) is 7.46. The summed E-state index contributed by atoms with van der Waals surface area (Å²) in [4.78, 5) is 26.7. The van der Waals surface area contributed by atoms with Crippen molar-refractivity contribution in [3.8, 4) is 0 Å². The molecule has 0 saturated carbocycles. The molecule has 0 unspecified atom stereocenters. The van der Waals surface area contributed by atoms with Crippen LogP contribution in [0, 0.1) is 5.82 Å². The Hall–Kier alpha value is -3.04. The zero-order valence-corrected chi connectivity index (χ0v) is 14.3. The smallest absolute Gasteiger partial charge is 0.203 e. The van der Waals surface area contributed by atoms with Crippen LogP contribution in [-0.4, -0.2) is 38.3 Å². The number of fused-ring (bicyclic) bond motifs is 1. The standard InChI is InChI=1S/C16H14ClFN6O2/c1-8(25)7-20-16-22-13-10(4-5-19-15(13)23-16)14(24-26)21-9-2-3-12(18)11(17)6-9/h2-6,26H,7H2,1H3,(H,21,24)(H2,19,20,22,23). The van der Waals surface area contributed by atoms with E-state index in [1.54, 1.807) is 6.07 Å². The minimum absolute atomic E-state index is 0.0499. The largest absolute Gasteiger partial charge is 0.349 e. The van der Waals surface area contributed by atoms with E-state index in [1.807, 2.05) is 5.48 Å². The summed E-state index contributed by atoms with van der Waals surface area (Å²) in [5, 5.41) is 12.3. The van der Waals surface area contributed by atoms with Crippen LogP contribution in [0.5, 0.6) is 0 Å². The number of nitrogens with one attached hydrogen (secondary N) is 3. The number of rotatable bonds is 5. The maximum absolute atomic E-state index is 13.3. The molecule has 2 aromatic heterocycles. The highest BCUT2D eigenvalue weighted by molar-refractivity contribution is 6.31. The molecule has 134 valence electrons. The summed E-state index contributed by atoms with van der Waals surface area (Å²) in [6.07, 6.45) is 1.50. The van der Waals surface area contributed by atoms with Gasteiger partial charge in [-0.15, -0.1) is 0 Å². The number of aliphatic imine (C=N–C) groups is 1. The molecule has 2 heterocycles. The number of ketones is 1. The first-order valence-corrected chi connectivity index (χ1v) is 7.88. The van der Waals surface area contributed by atoms with Gasteiger partial charge < -0.3 is 10.3 Å². The van der Waals surface area contributed by atoms with Crippen LogP contribution in [0.3, 0.4) is 0 Å². The van der Waals surface area contributed by atoms with Crippen LogP contribution >= 0.6 is 11.6 Å². The van der Waals surface area contributed by atoms with Crippen LogP contribution in [0.1, 0.15) is 12.5 Å². The van der Waals surface area contributed by atoms with E-state index in [9.17, 15) is 14.4 Å². The highest BCUT2D eigenvalue weighted by Gasteiger charge is 2.13. The number of hydroxylamine groups is 1. The van der Waals surface area contributed by atoms with E-state index in [1.165, 1.54) is 31.3 Å². The summed E-state index contributed by atoms with van der Waals surface area (Å²) < 4.78 is 13.3. The van der Waals surface area contributed by atoms with Crippen molar-refractivity contribution in [2.24, 2.45) is 4.99 Å². The van der Waals surface area contributed by atoms with Crippen LogP contribution in [0.4, 0.5) is 16.0 Å². The van der Waals surface area contributed by atoms with Crippen molar-refractivity contribution in [3.05, 3.63) is 46.9 Å². The van der Waals surface area contributed by atoms with E-state index in [0.29, 0.717) is 28.4 Å². The lowest BCUT2D eigenvalue weighted by Crippen LogP contribution is -2.20. The molecule has 4 N–H and O–H groups in total. The lowest BCUT2D eigenvalue weighted by atomic mass is 10.2. The fourth-order valence-corrected chi connectivity index (χ4v) is 2.40. The molecule has 0 aliphatic carbocycles. The summed E-state index contributed by atoms with van der Waals surface area (Å²) >= 11 is 5.76. The molecule has 0 aliphatic heterocycles. The maximum Gasteiger partial charge on any atom is 0.203 e. The Morgan fingerprint density at radius 1 is 1.42 bits per heavy atom. The molecule has 1 aromatic carbocycles. The van der Waals surface area contributed by atoms with Crippen LogP contribution in [-0.2, 0) is 4.79 Å². The molecule has 0 amide bonds. The summed E-state index contributed by atoms with van der Waals surface area (Å²) in [5.74, 6) is -0.171. The summed E-state index contributed by atoms with van der Waals surface area (Å²) in [6.45, 7) is 1.57. The first-order chi connectivity index (χ1) is 12.5. The number of carbonyl (C=O) groups is 1. The third-order valence-electron chi connectivity index (χ3n) is 3.40. The van der Waals surface area contributed by atoms with E-state index in [2.05, 4.69) is 25.3 Å². The van der Waals surface area contributed by atoms with Gasteiger partial charge in [-0.1, -0.05) is 11.6 Å². The predicted molar refractivity (Wildman–Crippen MR) is 95.6 cm³/mol. The van der Waals surface area contributed by atoms with Gasteiger partial charge in [0.1, 0.15) is 11.6 Å². The topological polar surface area (TPSA) is 115 Å². The van der Waals surface area contributed by atoms with Gasteiger partial charge in [-0.2, -0.15) is 4.98 Å². The minimum Gasteiger partial charge on any atom is -0.349 e. The molecule has 3 aromatic rings. The van der Waals surface area contributed by atoms with Crippen molar-refractivity contribution in [1.29, 1.82) is 0 Å². The van der Waals surface area contributed by atoms with Gasteiger partial charge in [-0.25, -0.2) is 14.4 Å². The van der Waals surface area contributed by atoms with Gasteiger partial charge >= 0.3 is 0 Å². The van der Waals surface area contributed by atoms with E-state index >= 15 is 0 Å². The molecule has 10 heteroatoms. The Bertz CT molecular complexity index is 1000. The fraction of sp³-hybridized carbons (Fsp3) is 0.125. The Balaban J connectivity index is 2.02. The van der Waals surface area contributed by atoms with Crippen molar-refractivity contribution in [3.63, 3.8) is 0 Å². The number of amidine groups is 1. The third kappa shape index (κ3) is 3.79. The molecule has 8 nitrogen and oxygen atoms in total. The van der Waals surface area contributed by atoms with Crippen LogP contribution in [0.2, 0.25) is 5.02 Å². The number of aromatic amines is 1. The van der Waals surface area contributed by atoms with E-state index in [4.69, 9.17) is 11.6 Å². The monoisotopic (exact) mass is 376 g/mol.